The number of aliphatic hydroxyl groups is 3. The van der Waals surface area contributed by atoms with Crippen molar-refractivity contribution in [1.29, 1.82) is 0 Å². The molecule has 0 bridgehead atoms. The van der Waals surface area contributed by atoms with Crippen molar-refractivity contribution in [2.45, 2.75) is 82.0 Å². The molecule has 0 spiro atoms. The summed E-state index contributed by atoms with van der Waals surface area (Å²) in [6.07, 6.45) is 7.36. The smallest absolute Gasteiger partial charge is 0.331 e. The van der Waals surface area contributed by atoms with Gasteiger partial charge in [-0.3, -0.25) is 0 Å². The molecule has 1 heterocycles. The van der Waals surface area contributed by atoms with E-state index in [-0.39, 0.29) is 35.6 Å². The van der Waals surface area contributed by atoms with Gasteiger partial charge < -0.3 is 24.9 Å². The first-order chi connectivity index (χ1) is 13.7. The van der Waals surface area contributed by atoms with Gasteiger partial charge in [0, 0.05) is 17.9 Å². The molecule has 0 radical (unpaired) electrons. The normalized spacial score (nSPS) is 54.1. The van der Waals surface area contributed by atoms with Crippen molar-refractivity contribution >= 4 is 12.3 Å². The van der Waals surface area contributed by atoms with Crippen LogP contribution in [0.5, 0.6) is 0 Å². The van der Waals surface area contributed by atoms with Gasteiger partial charge in [0.25, 0.3) is 0 Å². The van der Waals surface area contributed by atoms with E-state index in [0.29, 0.717) is 38.7 Å². The number of rotatable bonds is 2. The van der Waals surface area contributed by atoms with Gasteiger partial charge in [-0.05, 0) is 74.7 Å². The van der Waals surface area contributed by atoms with E-state index in [1.54, 1.807) is 6.08 Å². The molecule has 6 nitrogen and oxygen atoms in total. The quantitative estimate of drug-likeness (QED) is 0.480. The standard InChI is InChI=1S/C23H32O6/c1-20-6-3-17-18(4-8-22(27)11-15(25)2-7-21(17,22)13-24)23(20,28)9-5-16(20)14-10-19(26)29-12-14/h10,13,15-18,25,27-28H,2-9,11-12H2,1H3/t15?,16?,17?,18?,20-,21-,22+,23-/m1/s1. The fourth-order valence-corrected chi connectivity index (χ4v) is 8.34. The number of carbonyl (C=O) groups is 2. The molecule has 1 aliphatic heterocycles. The zero-order valence-electron chi connectivity index (χ0n) is 17.1. The zero-order chi connectivity index (χ0) is 20.7. The van der Waals surface area contributed by atoms with Gasteiger partial charge in [0.2, 0.25) is 0 Å². The lowest BCUT2D eigenvalue weighted by Gasteiger charge is -2.65. The molecule has 5 rings (SSSR count). The molecule has 4 saturated carbocycles. The molecule has 160 valence electrons. The van der Waals surface area contributed by atoms with Crippen LogP contribution in [0.1, 0.15) is 64.7 Å². The third-order valence-corrected chi connectivity index (χ3v) is 9.85. The maximum absolute atomic E-state index is 12.5. The molecule has 0 aromatic heterocycles. The van der Waals surface area contributed by atoms with Crippen LogP contribution < -0.4 is 0 Å². The summed E-state index contributed by atoms with van der Waals surface area (Å²) in [6.45, 7) is 2.46. The zero-order valence-corrected chi connectivity index (χ0v) is 17.1. The van der Waals surface area contributed by atoms with Crippen molar-refractivity contribution < 1.29 is 29.6 Å². The maximum atomic E-state index is 12.5. The predicted molar refractivity (Wildman–Crippen MR) is 104 cm³/mol. The molecule has 5 aliphatic rings. The molecule has 4 aliphatic carbocycles. The van der Waals surface area contributed by atoms with Gasteiger partial charge in [-0.1, -0.05) is 6.92 Å². The number of cyclic esters (lactones) is 1. The lowest BCUT2D eigenvalue weighted by molar-refractivity contribution is -0.248. The second-order valence-corrected chi connectivity index (χ2v) is 10.6. The van der Waals surface area contributed by atoms with E-state index in [9.17, 15) is 24.9 Å². The summed E-state index contributed by atoms with van der Waals surface area (Å²) < 4.78 is 5.15. The summed E-state index contributed by atoms with van der Waals surface area (Å²) in [5, 5.41) is 33.7. The summed E-state index contributed by atoms with van der Waals surface area (Å²) in [4.78, 5) is 24.1. The largest absolute Gasteiger partial charge is 0.458 e. The van der Waals surface area contributed by atoms with Gasteiger partial charge in [0.05, 0.1) is 22.7 Å². The minimum Gasteiger partial charge on any atom is -0.458 e. The Bertz CT molecular complexity index is 777. The highest BCUT2D eigenvalue weighted by atomic mass is 16.5. The van der Waals surface area contributed by atoms with Crippen molar-refractivity contribution in [3.05, 3.63) is 11.6 Å². The van der Waals surface area contributed by atoms with Gasteiger partial charge in [0.15, 0.2) is 0 Å². The molecule has 8 atom stereocenters. The fraction of sp³-hybridized carbons (Fsp3) is 0.826. The molecular weight excluding hydrogens is 372 g/mol. The Morgan fingerprint density at radius 3 is 2.52 bits per heavy atom. The Balaban J connectivity index is 1.52. The summed E-state index contributed by atoms with van der Waals surface area (Å²) in [6, 6.07) is 0. The Morgan fingerprint density at radius 2 is 1.83 bits per heavy atom. The third-order valence-electron chi connectivity index (χ3n) is 9.85. The lowest BCUT2D eigenvalue weighted by atomic mass is 9.41. The van der Waals surface area contributed by atoms with E-state index >= 15 is 0 Å². The third kappa shape index (κ3) is 2.34. The molecule has 6 heteroatoms. The highest BCUT2D eigenvalue weighted by Gasteiger charge is 2.71. The van der Waals surface area contributed by atoms with E-state index in [4.69, 9.17) is 4.74 Å². The van der Waals surface area contributed by atoms with Gasteiger partial charge in [-0.25, -0.2) is 4.79 Å². The Kier molecular flexibility index (Phi) is 4.18. The minimum atomic E-state index is -1.18. The fourth-order valence-electron chi connectivity index (χ4n) is 8.34. The van der Waals surface area contributed by atoms with Crippen LogP contribution in [0.4, 0.5) is 0 Å². The number of fused-ring (bicyclic) bond motifs is 5. The number of esters is 1. The first-order valence-electron chi connectivity index (χ1n) is 11.2. The van der Waals surface area contributed by atoms with E-state index in [2.05, 4.69) is 6.92 Å². The number of aldehydes is 1. The van der Waals surface area contributed by atoms with Crippen LogP contribution in [0, 0.1) is 28.6 Å². The van der Waals surface area contributed by atoms with E-state index < -0.39 is 22.7 Å². The van der Waals surface area contributed by atoms with Crippen molar-refractivity contribution in [3.8, 4) is 0 Å². The summed E-state index contributed by atoms with van der Waals surface area (Å²) >= 11 is 0. The highest BCUT2D eigenvalue weighted by molar-refractivity contribution is 5.85. The van der Waals surface area contributed by atoms with Crippen LogP contribution in [-0.4, -0.2) is 51.5 Å². The van der Waals surface area contributed by atoms with E-state index in [1.807, 2.05) is 0 Å². The molecule has 0 saturated heterocycles. The van der Waals surface area contributed by atoms with Crippen molar-refractivity contribution in [2.75, 3.05) is 6.61 Å². The number of hydrogen-bond acceptors (Lipinski definition) is 6. The first-order valence-corrected chi connectivity index (χ1v) is 11.2. The van der Waals surface area contributed by atoms with Crippen LogP contribution in [0.15, 0.2) is 11.6 Å². The van der Waals surface area contributed by atoms with Crippen molar-refractivity contribution in [1.82, 2.24) is 0 Å². The average Bonchev–Trinajstić information content (AvgIpc) is 3.21. The lowest BCUT2D eigenvalue weighted by Crippen LogP contribution is -2.68. The summed E-state index contributed by atoms with van der Waals surface area (Å²) in [5.74, 6) is -0.304. The number of carbonyl (C=O) groups excluding carboxylic acids is 2. The Labute approximate surface area is 171 Å². The highest BCUT2D eigenvalue weighted by Crippen LogP contribution is 2.70. The van der Waals surface area contributed by atoms with E-state index in [0.717, 1.165) is 31.1 Å². The molecule has 3 N–H and O–H groups in total. The van der Waals surface area contributed by atoms with Crippen LogP contribution in [0.25, 0.3) is 0 Å². The summed E-state index contributed by atoms with van der Waals surface area (Å²) in [7, 11) is 0. The van der Waals surface area contributed by atoms with Crippen LogP contribution in [-0.2, 0) is 14.3 Å². The van der Waals surface area contributed by atoms with Gasteiger partial charge in [-0.15, -0.1) is 0 Å². The molecule has 29 heavy (non-hydrogen) atoms. The number of ether oxygens (including phenoxy) is 1. The van der Waals surface area contributed by atoms with E-state index in [1.165, 1.54) is 0 Å². The monoisotopic (exact) mass is 404 g/mol. The minimum absolute atomic E-state index is 0.0504. The predicted octanol–water partition coefficient (Wildman–Crippen LogP) is 1.90. The summed E-state index contributed by atoms with van der Waals surface area (Å²) in [5.41, 5.74) is -2.34. The molecule has 0 aromatic rings. The topological polar surface area (TPSA) is 104 Å². The van der Waals surface area contributed by atoms with Gasteiger partial charge in [0.1, 0.15) is 12.9 Å². The molecule has 0 aromatic carbocycles. The van der Waals surface area contributed by atoms with Crippen LogP contribution in [0.2, 0.25) is 0 Å². The SMILES string of the molecule is C[C@]12CCC3C(CC[C@]4(O)CC(O)CC[C@@]34C=O)[C@]1(O)CCC2C1=CC(=O)OC1. The van der Waals surface area contributed by atoms with Crippen molar-refractivity contribution in [2.24, 2.45) is 28.6 Å². The van der Waals surface area contributed by atoms with Crippen LogP contribution in [0.3, 0.4) is 0 Å². The molecule has 4 unspecified atom stereocenters. The Morgan fingerprint density at radius 1 is 1.07 bits per heavy atom. The molecular formula is C23H32O6. The Hall–Kier alpha value is -1.24. The van der Waals surface area contributed by atoms with Gasteiger partial charge in [-0.2, -0.15) is 0 Å². The second-order valence-electron chi connectivity index (χ2n) is 10.6. The molecule has 4 fully saturated rings. The number of aliphatic hydroxyl groups excluding tert-OH is 1. The average molecular weight is 405 g/mol. The second kappa shape index (κ2) is 6.14. The van der Waals surface area contributed by atoms with Gasteiger partial charge >= 0.3 is 5.97 Å². The molecule has 0 amide bonds. The van der Waals surface area contributed by atoms with Crippen LogP contribution >= 0.6 is 0 Å². The first kappa shape index (κ1) is 19.7. The van der Waals surface area contributed by atoms with Crippen molar-refractivity contribution in [3.63, 3.8) is 0 Å². The maximum Gasteiger partial charge on any atom is 0.331 e. The number of hydrogen-bond donors (Lipinski definition) is 3.